The Kier molecular flexibility index (Phi) is 4.06. The summed E-state index contributed by atoms with van der Waals surface area (Å²) < 4.78 is 28.0. The lowest BCUT2D eigenvalue weighted by molar-refractivity contribution is -0.128. The predicted octanol–water partition coefficient (Wildman–Crippen LogP) is 2.28. The first-order valence-corrected chi connectivity index (χ1v) is 7.17. The van der Waals surface area contributed by atoms with Crippen LogP contribution in [0.2, 0.25) is 0 Å². The Labute approximate surface area is 131 Å². The van der Waals surface area contributed by atoms with Gasteiger partial charge in [0.1, 0.15) is 17.7 Å². The van der Waals surface area contributed by atoms with Gasteiger partial charge in [-0.3, -0.25) is 9.59 Å². The Bertz CT molecular complexity index is 764. The van der Waals surface area contributed by atoms with Crippen molar-refractivity contribution >= 4 is 11.8 Å². The molecular weight excluding hydrogens is 302 g/mol. The molecule has 2 aromatic rings. The number of hydrogen-bond donors (Lipinski definition) is 1. The highest BCUT2D eigenvalue weighted by atomic mass is 19.1. The Morgan fingerprint density at radius 1 is 1.04 bits per heavy atom. The zero-order valence-electron chi connectivity index (χ0n) is 12.1. The van der Waals surface area contributed by atoms with Crippen LogP contribution in [-0.4, -0.2) is 29.8 Å². The molecule has 1 N–H and O–H groups in total. The molecule has 0 radical (unpaired) electrons. The van der Waals surface area contributed by atoms with E-state index in [1.807, 2.05) is 0 Å². The summed E-state index contributed by atoms with van der Waals surface area (Å²) in [5.74, 6) is -2.37. The van der Waals surface area contributed by atoms with Crippen LogP contribution in [0.5, 0.6) is 0 Å². The highest BCUT2D eigenvalue weighted by molar-refractivity contribution is 5.98. The quantitative estimate of drug-likeness (QED) is 0.924. The molecule has 23 heavy (non-hydrogen) atoms. The summed E-state index contributed by atoms with van der Waals surface area (Å²) >= 11 is 0. The van der Waals surface area contributed by atoms with Gasteiger partial charge in [0.05, 0.1) is 5.56 Å². The number of carbonyl (C=O) groups is 2. The monoisotopic (exact) mass is 316 g/mol. The highest BCUT2D eigenvalue weighted by Crippen LogP contribution is 2.27. The average Bonchev–Trinajstić information content (AvgIpc) is 2.55. The summed E-state index contributed by atoms with van der Waals surface area (Å²) in [6, 6.07) is 10.2. The molecule has 1 aliphatic rings. The van der Waals surface area contributed by atoms with Crippen molar-refractivity contribution in [2.45, 2.75) is 6.04 Å². The summed E-state index contributed by atoms with van der Waals surface area (Å²) in [5.41, 5.74) is -0.0436. The molecule has 4 nitrogen and oxygen atoms in total. The van der Waals surface area contributed by atoms with Gasteiger partial charge in [0.25, 0.3) is 5.91 Å². The van der Waals surface area contributed by atoms with Gasteiger partial charge in [-0.05, 0) is 18.2 Å². The Morgan fingerprint density at radius 2 is 1.70 bits per heavy atom. The van der Waals surface area contributed by atoms with Gasteiger partial charge in [0.15, 0.2) is 0 Å². The Morgan fingerprint density at radius 3 is 2.39 bits per heavy atom. The van der Waals surface area contributed by atoms with E-state index in [2.05, 4.69) is 5.32 Å². The number of benzene rings is 2. The van der Waals surface area contributed by atoms with Crippen molar-refractivity contribution < 1.29 is 18.4 Å². The first kappa shape index (κ1) is 15.1. The van der Waals surface area contributed by atoms with Crippen LogP contribution in [0.4, 0.5) is 8.78 Å². The second-order valence-electron chi connectivity index (χ2n) is 5.19. The predicted molar refractivity (Wildman–Crippen MR) is 79.6 cm³/mol. The summed E-state index contributed by atoms with van der Waals surface area (Å²) in [6.07, 6.45) is 0. The second-order valence-corrected chi connectivity index (χ2v) is 5.19. The number of carbonyl (C=O) groups excluding carboxylic acids is 2. The van der Waals surface area contributed by atoms with Crippen LogP contribution in [0, 0.1) is 11.6 Å². The third-order valence-electron chi connectivity index (χ3n) is 3.78. The number of halogens is 2. The van der Waals surface area contributed by atoms with Gasteiger partial charge in [-0.1, -0.05) is 30.3 Å². The van der Waals surface area contributed by atoms with E-state index in [-0.39, 0.29) is 24.2 Å². The molecule has 1 fully saturated rings. The minimum Gasteiger partial charge on any atom is -0.352 e. The van der Waals surface area contributed by atoms with E-state index in [4.69, 9.17) is 0 Å². The molecule has 1 unspecified atom stereocenters. The van der Waals surface area contributed by atoms with Gasteiger partial charge < -0.3 is 10.2 Å². The van der Waals surface area contributed by atoms with Gasteiger partial charge in [-0.15, -0.1) is 0 Å². The molecule has 118 valence electrons. The van der Waals surface area contributed by atoms with Crippen LogP contribution in [0.1, 0.15) is 22.0 Å². The largest absolute Gasteiger partial charge is 0.352 e. The van der Waals surface area contributed by atoms with Crippen LogP contribution in [0.3, 0.4) is 0 Å². The normalized spacial score (nSPS) is 17.7. The van der Waals surface area contributed by atoms with E-state index in [0.717, 1.165) is 0 Å². The molecule has 6 heteroatoms. The molecule has 0 spiro atoms. The number of nitrogens with zero attached hydrogens (tertiary/aromatic N) is 1. The number of rotatable bonds is 2. The van der Waals surface area contributed by atoms with Crippen molar-refractivity contribution in [3.63, 3.8) is 0 Å². The van der Waals surface area contributed by atoms with Crippen LogP contribution >= 0.6 is 0 Å². The van der Waals surface area contributed by atoms with E-state index in [1.165, 1.54) is 41.3 Å². The molecule has 1 aliphatic heterocycles. The SMILES string of the molecule is O=C1NCCN(C(=O)c2ccccc2F)C1c1ccccc1F. The van der Waals surface area contributed by atoms with Gasteiger partial charge in [0, 0.05) is 18.7 Å². The smallest absolute Gasteiger partial charge is 0.257 e. The molecule has 0 saturated carbocycles. The number of hydrogen-bond acceptors (Lipinski definition) is 2. The van der Waals surface area contributed by atoms with Crippen molar-refractivity contribution in [3.8, 4) is 0 Å². The molecule has 0 aromatic heterocycles. The molecule has 1 atom stereocenters. The molecular formula is C17H14F2N2O2. The van der Waals surface area contributed by atoms with Crippen molar-refractivity contribution in [2.24, 2.45) is 0 Å². The fourth-order valence-electron chi connectivity index (χ4n) is 2.68. The topological polar surface area (TPSA) is 49.4 Å². The van der Waals surface area contributed by atoms with Crippen LogP contribution < -0.4 is 5.32 Å². The van der Waals surface area contributed by atoms with Crippen molar-refractivity contribution in [2.75, 3.05) is 13.1 Å². The average molecular weight is 316 g/mol. The first-order valence-electron chi connectivity index (χ1n) is 7.17. The maximum atomic E-state index is 14.1. The second kappa shape index (κ2) is 6.16. The van der Waals surface area contributed by atoms with Crippen molar-refractivity contribution in [1.82, 2.24) is 10.2 Å². The number of amides is 2. The van der Waals surface area contributed by atoms with Gasteiger partial charge >= 0.3 is 0 Å². The summed E-state index contributed by atoms with van der Waals surface area (Å²) in [7, 11) is 0. The molecule has 1 saturated heterocycles. The molecule has 1 heterocycles. The summed E-state index contributed by atoms with van der Waals surface area (Å²) in [6.45, 7) is 0.419. The summed E-state index contributed by atoms with van der Waals surface area (Å²) in [4.78, 5) is 26.1. The lowest BCUT2D eigenvalue weighted by Gasteiger charge is -2.35. The van der Waals surface area contributed by atoms with Crippen molar-refractivity contribution in [3.05, 3.63) is 71.3 Å². The van der Waals surface area contributed by atoms with Crippen LogP contribution in [0.25, 0.3) is 0 Å². The fourth-order valence-corrected chi connectivity index (χ4v) is 2.68. The van der Waals surface area contributed by atoms with E-state index >= 15 is 0 Å². The maximum Gasteiger partial charge on any atom is 0.257 e. The zero-order valence-corrected chi connectivity index (χ0v) is 12.1. The maximum absolute atomic E-state index is 14.1. The van der Waals surface area contributed by atoms with Gasteiger partial charge in [-0.25, -0.2) is 8.78 Å². The molecule has 2 amide bonds. The molecule has 0 aliphatic carbocycles. The lowest BCUT2D eigenvalue weighted by Crippen LogP contribution is -2.52. The van der Waals surface area contributed by atoms with E-state index in [1.54, 1.807) is 12.1 Å². The third-order valence-corrected chi connectivity index (χ3v) is 3.78. The first-order chi connectivity index (χ1) is 11.1. The van der Waals surface area contributed by atoms with Crippen LogP contribution in [0.15, 0.2) is 48.5 Å². The van der Waals surface area contributed by atoms with Crippen LogP contribution in [-0.2, 0) is 4.79 Å². The minimum atomic E-state index is -1.11. The fraction of sp³-hybridized carbons (Fsp3) is 0.176. The van der Waals surface area contributed by atoms with E-state index in [0.29, 0.717) is 0 Å². The van der Waals surface area contributed by atoms with Gasteiger partial charge in [0.2, 0.25) is 5.91 Å². The highest BCUT2D eigenvalue weighted by Gasteiger charge is 2.36. The minimum absolute atomic E-state index is 0.0920. The standard InChI is InChI=1S/C17H14F2N2O2/c18-13-7-3-1-5-11(13)15-16(22)20-9-10-21(15)17(23)12-6-2-4-8-14(12)19/h1-8,15H,9-10H2,(H,20,22). The van der Waals surface area contributed by atoms with E-state index in [9.17, 15) is 18.4 Å². The summed E-state index contributed by atoms with van der Waals surface area (Å²) in [5, 5.41) is 2.62. The Hall–Kier alpha value is -2.76. The van der Waals surface area contributed by atoms with Gasteiger partial charge in [-0.2, -0.15) is 0 Å². The third kappa shape index (κ3) is 2.79. The number of piperazine rings is 1. The zero-order chi connectivity index (χ0) is 16.4. The Balaban J connectivity index is 2.02. The number of nitrogens with one attached hydrogen (secondary N) is 1. The molecule has 0 bridgehead atoms. The van der Waals surface area contributed by atoms with Crippen molar-refractivity contribution in [1.29, 1.82) is 0 Å². The molecule has 3 rings (SSSR count). The van der Waals surface area contributed by atoms with E-state index < -0.39 is 29.5 Å². The lowest BCUT2D eigenvalue weighted by atomic mass is 10.0. The molecule has 2 aromatic carbocycles.